The number of benzene rings is 2. The highest BCUT2D eigenvalue weighted by atomic mass is 16.7. The monoisotopic (exact) mass is 430 g/mol. The highest BCUT2D eigenvalue weighted by Gasteiger charge is 2.17. The van der Waals surface area contributed by atoms with Crippen molar-refractivity contribution in [3.63, 3.8) is 0 Å². The predicted octanol–water partition coefficient (Wildman–Crippen LogP) is 3.16. The molecule has 2 heterocycles. The molecule has 4 aromatic rings. The SMILES string of the molecule is O=C(Oc1ccccc1-c1nccc(CO)n1)Oc1ccccc1-c1nccc(CO)n1. The molecule has 2 aromatic heterocycles. The molecule has 0 aliphatic carbocycles. The van der Waals surface area contributed by atoms with E-state index in [9.17, 15) is 15.0 Å². The van der Waals surface area contributed by atoms with Crippen molar-refractivity contribution >= 4 is 6.16 Å². The maximum atomic E-state index is 12.6. The zero-order valence-corrected chi connectivity index (χ0v) is 16.8. The number of carbonyl (C=O) groups excluding carboxylic acids is 1. The Bertz CT molecular complexity index is 1150. The summed E-state index contributed by atoms with van der Waals surface area (Å²) < 4.78 is 10.9. The molecule has 0 saturated heterocycles. The number of aliphatic hydroxyl groups is 2. The van der Waals surface area contributed by atoms with Crippen LogP contribution in [0.1, 0.15) is 11.4 Å². The third-order valence-electron chi connectivity index (χ3n) is 4.39. The lowest BCUT2D eigenvalue weighted by Crippen LogP contribution is -2.15. The first-order valence-electron chi connectivity index (χ1n) is 9.62. The topological polar surface area (TPSA) is 128 Å². The molecule has 0 spiro atoms. The van der Waals surface area contributed by atoms with Gasteiger partial charge in [0.2, 0.25) is 0 Å². The predicted molar refractivity (Wildman–Crippen MR) is 113 cm³/mol. The normalized spacial score (nSPS) is 10.6. The zero-order valence-electron chi connectivity index (χ0n) is 16.8. The Labute approximate surface area is 183 Å². The van der Waals surface area contributed by atoms with E-state index in [-0.39, 0.29) is 24.7 Å². The van der Waals surface area contributed by atoms with Crippen LogP contribution in [0.2, 0.25) is 0 Å². The van der Waals surface area contributed by atoms with Gasteiger partial charge in [0, 0.05) is 12.4 Å². The van der Waals surface area contributed by atoms with Crippen molar-refractivity contribution in [2.75, 3.05) is 0 Å². The number of rotatable bonds is 6. The number of nitrogens with zero attached hydrogens (tertiary/aromatic N) is 4. The molecule has 2 aromatic carbocycles. The van der Waals surface area contributed by atoms with E-state index in [2.05, 4.69) is 19.9 Å². The zero-order chi connectivity index (χ0) is 22.3. The van der Waals surface area contributed by atoms with Crippen LogP contribution >= 0.6 is 0 Å². The largest absolute Gasteiger partial charge is 0.519 e. The van der Waals surface area contributed by atoms with Gasteiger partial charge in [0.25, 0.3) is 0 Å². The lowest BCUT2D eigenvalue weighted by Gasteiger charge is -2.12. The molecule has 0 atom stereocenters. The summed E-state index contributed by atoms with van der Waals surface area (Å²) in [5.74, 6) is 0.997. The fourth-order valence-corrected chi connectivity index (χ4v) is 2.91. The lowest BCUT2D eigenvalue weighted by atomic mass is 10.2. The number of aliphatic hydroxyl groups excluding tert-OH is 2. The fraction of sp³-hybridized carbons (Fsp3) is 0.0870. The second kappa shape index (κ2) is 9.73. The van der Waals surface area contributed by atoms with Gasteiger partial charge in [0.15, 0.2) is 11.6 Å². The van der Waals surface area contributed by atoms with Gasteiger partial charge < -0.3 is 19.7 Å². The minimum absolute atomic E-state index is 0.198. The summed E-state index contributed by atoms with van der Waals surface area (Å²) in [6.45, 7) is -0.478. The second-order valence-corrected chi connectivity index (χ2v) is 6.51. The molecule has 4 rings (SSSR count). The van der Waals surface area contributed by atoms with Crippen LogP contribution < -0.4 is 9.47 Å². The van der Waals surface area contributed by atoms with E-state index in [1.54, 1.807) is 60.7 Å². The van der Waals surface area contributed by atoms with Gasteiger partial charge in [0.05, 0.1) is 35.7 Å². The van der Waals surface area contributed by atoms with E-state index in [1.165, 1.54) is 12.4 Å². The van der Waals surface area contributed by atoms with Crippen molar-refractivity contribution in [2.45, 2.75) is 13.2 Å². The number of para-hydroxylation sites is 2. The Morgan fingerprint density at radius 3 is 1.56 bits per heavy atom. The molecular weight excluding hydrogens is 412 g/mol. The van der Waals surface area contributed by atoms with Gasteiger partial charge in [-0.1, -0.05) is 24.3 Å². The van der Waals surface area contributed by atoms with Crippen LogP contribution in [0.15, 0.2) is 73.1 Å². The highest BCUT2D eigenvalue weighted by molar-refractivity contribution is 5.75. The van der Waals surface area contributed by atoms with E-state index < -0.39 is 6.16 Å². The van der Waals surface area contributed by atoms with Crippen molar-refractivity contribution in [3.05, 3.63) is 84.4 Å². The molecule has 0 unspecified atom stereocenters. The van der Waals surface area contributed by atoms with E-state index in [4.69, 9.17) is 9.47 Å². The van der Waals surface area contributed by atoms with Crippen LogP contribution in [-0.4, -0.2) is 36.3 Å². The lowest BCUT2D eigenvalue weighted by molar-refractivity contribution is 0.152. The summed E-state index contributed by atoms with van der Waals surface area (Å²) in [6, 6.07) is 16.7. The van der Waals surface area contributed by atoms with E-state index in [0.717, 1.165) is 0 Å². The standard InChI is InChI=1S/C23H18N4O5/c28-13-15-9-11-24-21(26-15)17-5-1-3-7-19(17)31-23(30)32-20-8-4-2-6-18(20)22-25-12-10-16(14-29)27-22/h1-12,28-29H,13-14H2. The Morgan fingerprint density at radius 1 is 0.688 bits per heavy atom. The average molecular weight is 430 g/mol. The maximum Gasteiger partial charge on any atom is 0.519 e. The maximum absolute atomic E-state index is 12.6. The number of carbonyl (C=O) groups is 1. The summed E-state index contributed by atoms with van der Waals surface area (Å²) in [5.41, 5.74) is 1.80. The number of ether oxygens (including phenoxy) is 2. The van der Waals surface area contributed by atoms with Crippen molar-refractivity contribution < 1.29 is 24.5 Å². The molecule has 0 bridgehead atoms. The molecule has 0 radical (unpaired) electrons. The van der Waals surface area contributed by atoms with Crippen molar-refractivity contribution in [3.8, 4) is 34.3 Å². The molecule has 0 aliphatic heterocycles. The molecule has 32 heavy (non-hydrogen) atoms. The molecular formula is C23H18N4O5. The molecule has 0 amide bonds. The first-order valence-corrected chi connectivity index (χ1v) is 9.62. The number of hydrogen-bond acceptors (Lipinski definition) is 9. The third kappa shape index (κ3) is 4.75. The van der Waals surface area contributed by atoms with Crippen LogP contribution in [0.5, 0.6) is 11.5 Å². The molecule has 160 valence electrons. The fourth-order valence-electron chi connectivity index (χ4n) is 2.91. The van der Waals surface area contributed by atoms with Crippen LogP contribution in [-0.2, 0) is 13.2 Å². The van der Waals surface area contributed by atoms with Gasteiger partial charge in [-0.05, 0) is 36.4 Å². The van der Waals surface area contributed by atoms with Crippen molar-refractivity contribution in [1.82, 2.24) is 19.9 Å². The molecule has 0 saturated carbocycles. The Morgan fingerprint density at radius 2 is 1.12 bits per heavy atom. The van der Waals surface area contributed by atoms with Crippen LogP contribution in [0, 0.1) is 0 Å². The van der Waals surface area contributed by atoms with Crippen molar-refractivity contribution in [2.24, 2.45) is 0 Å². The molecule has 0 aliphatic rings. The van der Waals surface area contributed by atoms with Gasteiger partial charge >= 0.3 is 6.16 Å². The van der Waals surface area contributed by atoms with Gasteiger partial charge in [-0.15, -0.1) is 0 Å². The quantitative estimate of drug-likeness (QED) is 0.350. The molecule has 9 heteroatoms. The molecule has 9 nitrogen and oxygen atoms in total. The van der Waals surface area contributed by atoms with Gasteiger partial charge in [-0.25, -0.2) is 24.7 Å². The highest BCUT2D eigenvalue weighted by Crippen LogP contribution is 2.30. The summed E-state index contributed by atoms with van der Waals surface area (Å²) in [5, 5.41) is 18.6. The second-order valence-electron chi connectivity index (χ2n) is 6.51. The summed E-state index contributed by atoms with van der Waals surface area (Å²) in [7, 11) is 0. The van der Waals surface area contributed by atoms with E-state index >= 15 is 0 Å². The van der Waals surface area contributed by atoms with Gasteiger partial charge in [0.1, 0.15) is 11.5 Å². The van der Waals surface area contributed by atoms with E-state index in [0.29, 0.717) is 34.2 Å². The van der Waals surface area contributed by atoms with E-state index in [1.807, 2.05) is 0 Å². The minimum atomic E-state index is -0.971. The van der Waals surface area contributed by atoms with Crippen LogP contribution in [0.4, 0.5) is 4.79 Å². The Hall–Kier alpha value is -4.21. The Kier molecular flexibility index (Phi) is 6.40. The smallest absolute Gasteiger partial charge is 0.394 e. The van der Waals surface area contributed by atoms with Gasteiger partial charge in [-0.3, -0.25) is 0 Å². The Balaban J connectivity index is 1.58. The molecule has 0 fully saturated rings. The summed E-state index contributed by atoms with van der Waals surface area (Å²) >= 11 is 0. The number of hydrogen-bond donors (Lipinski definition) is 2. The average Bonchev–Trinajstić information content (AvgIpc) is 2.84. The first-order chi connectivity index (χ1) is 15.7. The first kappa shape index (κ1) is 21.0. The summed E-state index contributed by atoms with van der Waals surface area (Å²) in [4.78, 5) is 29.5. The number of aromatic nitrogens is 4. The third-order valence-corrected chi connectivity index (χ3v) is 4.39. The minimum Gasteiger partial charge on any atom is -0.394 e. The molecule has 2 N–H and O–H groups in total. The van der Waals surface area contributed by atoms with Crippen LogP contribution in [0.25, 0.3) is 22.8 Å². The van der Waals surface area contributed by atoms with Crippen LogP contribution in [0.3, 0.4) is 0 Å². The van der Waals surface area contributed by atoms with Crippen molar-refractivity contribution in [1.29, 1.82) is 0 Å². The summed E-state index contributed by atoms with van der Waals surface area (Å²) in [6.07, 6.45) is 2.06. The van der Waals surface area contributed by atoms with Gasteiger partial charge in [-0.2, -0.15) is 0 Å².